The Hall–Kier alpha value is -3.09. The largest absolute Gasteiger partial charge is 0.484 e. The summed E-state index contributed by atoms with van der Waals surface area (Å²) < 4.78 is 12.5. The lowest BCUT2D eigenvalue weighted by molar-refractivity contribution is -0.123. The number of nitrogens with zero attached hydrogens (tertiary/aromatic N) is 3. The smallest absolute Gasteiger partial charge is 0.341 e. The summed E-state index contributed by atoms with van der Waals surface area (Å²) in [5.74, 6) is 0.116. The van der Waals surface area contributed by atoms with Crippen molar-refractivity contribution in [1.82, 2.24) is 20.1 Å². The number of benzene rings is 1. The van der Waals surface area contributed by atoms with Crippen LogP contribution in [0.3, 0.4) is 0 Å². The molecule has 2 amide bonds. The molecule has 0 radical (unpaired) electrons. The summed E-state index contributed by atoms with van der Waals surface area (Å²) >= 11 is 8.57. The number of rotatable bonds is 11. The van der Waals surface area contributed by atoms with Crippen molar-refractivity contribution in [3.8, 4) is 5.75 Å². The monoisotopic (exact) mass is 605 g/mol. The minimum absolute atomic E-state index is 0.150. The molecule has 0 aliphatic heterocycles. The van der Waals surface area contributed by atoms with Gasteiger partial charge >= 0.3 is 5.97 Å². The van der Waals surface area contributed by atoms with Gasteiger partial charge in [0.25, 0.3) is 5.91 Å². The van der Waals surface area contributed by atoms with Crippen LogP contribution < -0.4 is 15.4 Å². The Morgan fingerprint density at radius 1 is 1.15 bits per heavy atom. The van der Waals surface area contributed by atoms with Crippen molar-refractivity contribution in [2.45, 2.75) is 62.9 Å². The number of carbonyl (C=O) groups excluding carboxylic acids is 3. The van der Waals surface area contributed by atoms with Crippen molar-refractivity contribution in [2.24, 2.45) is 7.05 Å². The molecule has 0 spiro atoms. The van der Waals surface area contributed by atoms with E-state index in [1.165, 1.54) is 23.1 Å². The van der Waals surface area contributed by atoms with Crippen molar-refractivity contribution in [2.75, 3.05) is 18.5 Å². The summed E-state index contributed by atoms with van der Waals surface area (Å²) in [6.07, 6.45) is 4.92. The van der Waals surface area contributed by atoms with Crippen molar-refractivity contribution < 1.29 is 23.9 Å². The molecule has 0 fully saturated rings. The third-order valence-electron chi connectivity index (χ3n) is 6.34. The van der Waals surface area contributed by atoms with Gasteiger partial charge in [0.05, 0.1) is 24.0 Å². The molecule has 0 bridgehead atoms. The standard InChI is InChI=1S/C27H32ClN5O5S2/c1-4-37-26(36)23-19-8-6-5-7-9-20(19)40-25(23)30-24(35)16(2)39-27-32-31-21(33(27)3)14-29-22(34)15-38-18-12-10-17(28)11-13-18/h10-13,16H,4-9,14-15H2,1-3H3,(H,29,34)(H,30,35)/t16-/m0/s1. The number of aromatic nitrogens is 3. The molecule has 0 unspecified atom stereocenters. The molecule has 3 aromatic rings. The van der Waals surface area contributed by atoms with Gasteiger partial charge in [-0.3, -0.25) is 9.59 Å². The second-order valence-electron chi connectivity index (χ2n) is 9.22. The minimum atomic E-state index is -0.518. The second kappa shape index (κ2) is 14.0. The van der Waals surface area contributed by atoms with Gasteiger partial charge < -0.3 is 24.7 Å². The average molecular weight is 606 g/mol. The number of ether oxygens (including phenoxy) is 2. The number of esters is 1. The van der Waals surface area contributed by atoms with E-state index >= 15 is 0 Å². The zero-order valence-corrected chi connectivity index (χ0v) is 25.0. The van der Waals surface area contributed by atoms with Crippen LogP contribution in [-0.4, -0.2) is 51.0 Å². The van der Waals surface area contributed by atoms with Crippen LogP contribution in [0.2, 0.25) is 5.02 Å². The van der Waals surface area contributed by atoms with Crippen LogP contribution in [0.4, 0.5) is 5.00 Å². The Bertz CT molecular complexity index is 1360. The number of halogens is 1. The van der Waals surface area contributed by atoms with E-state index < -0.39 is 11.2 Å². The van der Waals surface area contributed by atoms with E-state index in [0.717, 1.165) is 42.5 Å². The van der Waals surface area contributed by atoms with Gasteiger partial charge in [-0.1, -0.05) is 29.8 Å². The zero-order chi connectivity index (χ0) is 28.6. The van der Waals surface area contributed by atoms with Gasteiger partial charge in [0.1, 0.15) is 10.8 Å². The molecule has 1 aliphatic rings. The highest BCUT2D eigenvalue weighted by Gasteiger charge is 2.28. The van der Waals surface area contributed by atoms with E-state index in [0.29, 0.717) is 32.3 Å². The maximum absolute atomic E-state index is 13.2. The second-order valence-corrected chi connectivity index (χ2v) is 12.1. The average Bonchev–Trinajstić information content (AvgIpc) is 3.36. The summed E-state index contributed by atoms with van der Waals surface area (Å²) in [5, 5.41) is 15.2. The fourth-order valence-electron chi connectivity index (χ4n) is 4.19. The number of amides is 2. The van der Waals surface area contributed by atoms with Gasteiger partial charge in [0.2, 0.25) is 5.91 Å². The van der Waals surface area contributed by atoms with E-state index in [2.05, 4.69) is 20.8 Å². The first-order valence-electron chi connectivity index (χ1n) is 13.1. The molecule has 0 saturated carbocycles. The van der Waals surface area contributed by atoms with Crippen molar-refractivity contribution in [3.63, 3.8) is 0 Å². The van der Waals surface area contributed by atoms with Crippen molar-refractivity contribution in [1.29, 1.82) is 0 Å². The number of thiophene rings is 1. The predicted molar refractivity (Wildman–Crippen MR) is 155 cm³/mol. The van der Waals surface area contributed by atoms with Gasteiger partial charge in [-0.25, -0.2) is 4.79 Å². The number of carbonyl (C=O) groups is 3. The number of anilines is 1. The summed E-state index contributed by atoms with van der Waals surface area (Å²) in [6, 6.07) is 6.74. The maximum atomic E-state index is 13.2. The normalized spacial score (nSPS) is 13.6. The lowest BCUT2D eigenvalue weighted by Crippen LogP contribution is -2.29. The Morgan fingerprint density at radius 3 is 2.65 bits per heavy atom. The maximum Gasteiger partial charge on any atom is 0.341 e. The highest BCUT2D eigenvalue weighted by atomic mass is 35.5. The zero-order valence-electron chi connectivity index (χ0n) is 22.6. The lowest BCUT2D eigenvalue weighted by Gasteiger charge is -2.12. The summed E-state index contributed by atoms with van der Waals surface area (Å²) in [7, 11) is 1.77. The van der Waals surface area contributed by atoms with Crippen LogP contribution in [0, 0.1) is 0 Å². The lowest BCUT2D eigenvalue weighted by atomic mass is 10.1. The van der Waals surface area contributed by atoms with Crippen molar-refractivity contribution in [3.05, 3.63) is 51.1 Å². The molecular formula is C27H32ClN5O5S2. The van der Waals surface area contributed by atoms with Crippen LogP contribution in [0.5, 0.6) is 5.75 Å². The summed E-state index contributed by atoms with van der Waals surface area (Å²) in [5.41, 5.74) is 1.50. The Labute approximate surface area is 246 Å². The molecule has 1 atom stereocenters. The quantitative estimate of drug-likeness (QED) is 0.182. The number of nitrogens with one attached hydrogen (secondary N) is 2. The van der Waals surface area contributed by atoms with Gasteiger partial charge in [-0.05, 0) is 69.4 Å². The van der Waals surface area contributed by atoms with E-state index in [4.69, 9.17) is 21.1 Å². The van der Waals surface area contributed by atoms with Crippen molar-refractivity contribution >= 4 is 57.5 Å². The molecule has 214 valence electrons. The number of hydrogen-bond acceptors (Lipinski definition) is 9. The fourth-order valence-corrected chi connectivity index (χ4v) is 6.43. The third-order valence-corrected chi connectivity index (χ3v) is 8.93. The third kappa shape index (κ3) is 7.55. The summed E-state index contributed by atoms with van der Waals surface area (Å²) in [6.45, 7) is 3.81. The Kier molecular flexibility index (Phi) is 10.5. The van der Waals surface area contributed by atoms with Gasteiger partial charge in [-0.2, -0.15) is 0 Å². The van der Waals surface area contributed by atoms with E-state index in [1.807, 2.05) is 0 Å². The first kappa shape index (κ1) is 29.9. The molecule has 1 aliphatic carbocycles. The summed E-state index contributed by atoms with van der Waals surface area (Å²) in [4.78, 5) is 39.3. The van der Waals surface area contributed by atoms with Gasteiger partial charge in [0.15, 0.2) is 17.6 Å². The first-order valence-corrected chi connectivity index (χ1v) is 15.2. The molecule has 13 heteroatoms. The van der Waals surface area contributed by atoms with Crippen LogP contribution in [0.15, 0.2) is 29.4 Å². The number of aryl methyl sites for hydroxylation is 1. The number of thioether (sulfide) groups is 1. The molecule has 2 heterocycles. The Morgan fingerprint density at radius 2 is 1.90 bits per heavy atom. The number of hydrogen-bond donors (Lipinski definition) is 2. The van der Waals surface area contributed by atoms with Gasteiger partial charge in [-0.15, -0.1) is 21.5 Å². The van der Waals surface area contributed by atoms with Crippen LogP contribution in [-0.2, 0) is 40.8 Å². The topological polar surface area (TPSA) is 124 Å². The predicted octanol–water partition coefficient (Wildman–Crippen LogP) is 4.79. The molecule has 4 rings (SSSR count). The highest BCUT2D eigenvalue weighted by Crippen LogP contribution is 2.38. The molecular weight excluding hydrogens is 574 g/mol. The Balaban J connectivity index is 1.34. The van der Waals surface area contributed by atoms with Crippen LogP contribution in [0.1, 0.15) is 59.7 Å². The molecule has 2 N–H and O–H groups in total. The van der Waals surface area contributed by atoms with Crippen LogP contribution in [0.25, 0.3) is 0 Å². The molecule has 1 aromatic carbocycles. The first-order chi connectivity index (χ1) is 19.3. The molecule has 2 aromatic heterocycles. The molecule has 10 nitrogen and oxygen atoms in total. The molecule has 0 saturated heterocycles. The highest BCUT2D eigenvalue weighted by molar-refractivity contribution is 8.00. The SMILES string of the molecule is CCOC(=O)c1c(NC(=O)[C@H](C)Sc2nnc(CNC(=O)COc3ccc(Cl)cc3)n2C)sc2c1CCCCC2. The number of fused-ring (bicyclic) bond motifs is 1. The fraction of sp³-hybridized carbons (Fsp3) is 0.444. The molecule has 40 heavy (non-hydrogen) atoms. The van der Waals surface area contributed by atoms with E-state index in [-0.39, 0.29) is 31.6 Å². The van der Waals surface area contributed by atoms with Crippen LogP contribution >= 0.6 is 34.7 Å². The van der Waals surface area contributed by atoms with Gasteiger partial charge in [0, 0.05) is 16.9 Å². The minimum Gasteiger partial charge on any atom is -0.484 e. The van der Waals surface area contributed by atoms with E-state index in [1.54, 1.807) is 49.7 Å². The van der Waals surface area contributed by atoms with E-state index in [9.17, 15) is 14.4 Å².